The third kappa shape index (κ3) is 3.94. The average Bonchev–Trinajstić information content (AvgIpc) is 3.07. The predicted octanol–water partition coefficient (Wildman–Crippen LogP) is 3.24. The Labute approximate surface area is 133 Å². The lowest BCUT2D eigenvalue weighted by Gasteiger charge is -2.06. The van der Waals surface area contributed by atoms with Gasteiger partial charge in [-0.3, -0.25) is 4.79 Å². The molecule has 0 bridgehead atoms. The van der Waals surface area contributed by atoms with Crippen LogP contribution in [0.15, 0.2) is 59.2 Å². The molecule has 6 nitrogen and oxygen atoms in total. The Morgan fingerprint density at radius 1 is 1.13 bits per heavy atom. The van der Waals surface area contributed by atoms with Gasteiger partial charge in [-0.1, -0.05) is 12.1 Å². The molecule has 0 radical (unpaired) electrons. The lowest BCUT2D eigenvalue weighted by atomic mass is 10.2. The van der Waals surface area contributed by atoms with Crippen LogP contribution in [-0.4, -0.2) is 16.1 Å². The number of aryl methyl sites for hydroxylation is 1. The molecule has 2 aromatic heterocycles. The summed E-state index contributed by atoms with van der Waals surface area (Å²) in [4.78, 5) is 12.1. The van der Waals surface area contributed by atoms with Crippen LogP contribution in [0, 0.1) is 6.92 Å². The molecule has 116 valence electrons. The molecule has 0 aliphatic carbocycles. The molecule has 23 heavy (non-hydrogen) atoms. The van der Waals surface area contributed by atoms with Crippen molar-refractivity contribution in [2.75, 3.05) is 10.6 Å². The number of rotatable bonds is 5. The molecule has 1 amide bonds. The molecule has 0 atom stereocenters. The Balaban J connectivity index is 1.61. The first-order chi connectivity index (χ1) is 11.2. The summed E-state index contributed by atoms with van der Waals surface area (Å²) < 4.78 is 5.22. The largest absolute Gasteiger partial charge is 0.467 e. The second-order valence-corrected chi connectivity index (χ2v) is 5.06. The Hall–Kier alpha value is -3.15. The van der Waals surface area contributed by atoms with Crippen molar-refractivity contribution < 1.29 is 9.21 Å². The minimum Gasteiger partial charge on any atom is -0.467 e. The summed E-state index contributed by atoms with van der Waals surface area (Å²) in [7, 11) is 0. The molecule has 2 heterocycles. The minimum absolute atomic E-state index is 0.259. The molecule has 0 spiro atoms. The molecule has 0 fully saturated rings. The number of aromatic nitrogens is 2. The second kappa shape index (κ2) is 6.74. The van der Waals surface area contributed by atoms with Gasteiger partial charge >= 0.3 is 0 Å². The van der Waals surface area contributed by atoms with Gasteiger partial charge in [-0.2, -0.15) is 0 Å². The van der Waals surface area contributed by atoms with Gasteiger partial charge < -0.3 is 15.1 Å². The molecule has 0 saturated heterocycles. The second-order valence-electron chi connectivity index (χ2n) is 5.06. The highest BCUT2D eigenvalue weighted by molar-refractivity contribution is 6.02. The zero-order chi connectivity index (χ0) is 16.1. The zero-order valence-corrected chi connectivity index (χ0v) is 12.6. The molecule has 3 aromatic rings. The Morgan fingerprint density at radius 3 is 2.74 bits per heavy atom. The maximum Gasteiger partial charge on any atom is 0.276 e. The van der Waals surface area contributed by atoms with Gasteiger partial charge in [-0.05, 0) is 48.9 Å². The van der Waals surface area contributed by atoms with Crippen molar-refractivity contribution in [2.24, 2.45) is 0 Å². The van der Waals surface area contributed by atoms with E-state index in [1.54, 1.807) is 18.4 Å². The van der Waals surface area contributed by atoms with Gasteiger partial charge in [-0.25, -0.2) is 0 Å². The number of hydrogen-bond acceptors (Lipinski definition) is 5. The van der Waals surface area contributed by atoms with Crippen LogP contribution in [0.2, 0.25) is 0 Å². The number of furan rings is 1. The van der Waals surface area contributed by atoms with E-state index in [0.29, 0.717) is 12.4 Å². The number of anilines is 2. The van der Waals surface area contributed by atoms with E-state index in [9.17, 15) is 4.79 Å². The van der Waals surface area contributed by atoms with Crippen molar-refractivity contribution in [2.45, 2.75) is 13.5 Å². The number of amides is 1. The summed E-state index contributed by atoms with van der Waals surface area (Å²) in [6.07, 6.45) is 1.61. The quantitative estimate of drug-likeness (QED) is 0.756. The molecule has 0 aliphatic rings. The van der Waals surface area contributed by atoms with E-state index in [0.717, 1.165) is 17.0 Å². The van der Waals surface area contributed by atoms with E-state index in [4.69, 9.17) is 4.42 Å². The lowest BCUT2D eigenvalue weighted by Crippen LogP contribution is -2.15. The SMILES string of the molecule is Cc1cccc(NC(=O)c2ccc(NCc3ccco3)nn2)c1. The number of nitrogens with zero attached hydrogens (tertiary/aromatic N) is 2. The molecular formula is C17H16N4O2. The predicted molar refractivity (Wildman–Crippen MR) is 87.2 cm³/mol. The van der Waals surface area contributed by atoms with E-state index < -0.39 is 0 Å². The number of nitrogens with one attached hydrogen (secondary N) is 2. The number of carbonyl (C=O) groups excluding carboxylic acids is 1. The van der Waals surface area contributed by atoms with Crippen molar-refractivity contribution in [1.82, 2.24) is 10.2 Å². The van der Waals surface area contributed by atoms with Gasteiger partial charge in [0.15, 0.2) is 5.69 Å². The summed E-state index contributed by atoms with van der Waals surface area (Å²) >= 11 is 0. The van der Waals surface area contributed by atoms with Crippen molar-refractivity contribution >= 4 is 17.4 Å². The molecule has 0 unspecified atom stereocenters. The first-order valence-electron chi connectivity index (χ1n) is 7.19. The van der Waals surface area contributed by atoms with Crippen LogP contribution < -0.4 is 10.6 Å². The molecule has 6 heteroatoms. The fraction of sp³-hybridized carbons (Fsp3) is 0.118. The van der Waals surface area contributed by atoms with Crippen LogP contribution in [0.4, 0.5) is 11.5 Å². The first-order valence-corrected chi connectivity index (χ1v) is 7.19. The summed E-state index contributed by atoms with van der Waals surface area (Å²) in [6.45, 7) is 2.48. The summed E-state index contributed by atoms with van der Waals surface area (Å²) in [5.74, 6) is 1.09. The van der Waals surface area contributed by atoms with E-state index in [1.807, 2.05) is 43.3 Å². The third-order valence-corrected chi connectivity index (χ3v) is 3.20. The highest BCUT2D eigenvalue weighted by Crippen LogP contribution is 2.11. The zero-order valence-electron chi connectivity index (χ0n) is 12.6. The monoisotopic (exact) mass is 308 g/mol. The van der Waals surface area contributed by atoms with Crippen molar-refractivity contribution in [3.63, 3.8) is 0 Å². The maximum atomic E-state index is 12.1. The van der Waals surface area contributed by atoms with Gasteiger partial charge in [0.1, 0.15) is 11.6 Å². The van der Waals surface area contributed by atoms with Crippen LogP contribution in [0.1, 0.15) is 21.8 Å². The summed E-state index contributed by atoms with van der Waals surface area (Å²) in [5, 5.41) is 13.8. The number of benzene rings is 1. The molecule has 0 aliphatic heterocycles. The smallest absolute Gasteiger partial charge is 0.276 e. The van der Waals surface area contributed by atoms with Gasteiger partial charge in [0.2, 0.25) is 0 Å². The Bertz CT molecular complexity index is 783. The van der Waals surface area contributed by atoms with Crippen molar-refractivity contribution in [3.8, 4) is 0 Å². The maximum absolute atomic E-state index is 12.1. The normalized spacial score (nSPS) is 10.3. The first kappa shape index (κ1) is 14.8. The topological polar surface area (TPSA) is 80.0 Å². The fourth-order valence-corrected chi connectivity index (χ4v) is 2.06. The summed E-state index contributed by atoms with van der Waals surface area (Å²) in [5.41, 5.74) is 2.07. The van der Waals surface area contributed by atoms with Crippen molar-refractivity contribution in [3.05, 3.63) is 71.8 Å². The average molecular weight is 308 g/mol. The number of hydrogen-bond donors (Lipinski definition) is 2. The van der Waals surface area contributed by atoms with Gasteiger partial charge in [0.05, 0.1) is 12.8 Å². The van der Waals surface area contributed by atoms with Gasteiger partial charge in [0.25, 0.3) is 5.91 Å². The minimum atomic E-state index is -0.291. The molecular weight excluding hydrogens is 292 g/mol. The highest BCUT2D eigenvalue weighted by atomic mass is 16.3. The molecule has 1 aromatic carbocycles. The Morgan fingerprint density at radius 2 is 2.04 bits per heavy atom. The highest BCUT2D eigenvalue weighted by Gasteiger charge is 2.09. The van der Waals surface area contributed by atoms with Crippen molar-refractivity contribution in [1.29, 1.82) is 0 Å². The van der Waals surface area contributed by atoms with Crippen LogP contribution in [-0.2, 0) is 6.54 Å². The molecule has 2 N–H and O–H groups in total. The number of carbonyl (C=O) groups is 1. The van der Waals surface area contributed by atoms with Crippen LogP contribution in [0.25, 0.3) is 0 Å². The van der Waals surface area contributed by atoms with Crippen LogP contribution in [0.5, 0.6) is 0 Å². The Kier molecular flexibility index (Phi) is 4.33. The molecule has 0 saturated carbocycles. The standard InChI is InChI=1S/C17H16N4O2/c1-12-4-2-5-13(10-12)19-17(22)15-7-8-16(21-20-15)18-11-14-6-3-9-23-14/h2-10H,11H2,1H3,(H,18,21)(H,19,22). The summed E-state index contributed by atoms with van der Waals surface area (Å²) in [6, 6.07) is 14.6. The van der Waals surface area contributed by atoms with Crippen LogP contribution >= 0.6 is 0 Å². The van der Waals surface area contributed by atoms with E-state index in [2.05, 4.69) is 20.8 Å². The van der Waals surface area contributed by atoms with E-state index in [-0.39, 0.29) is 11.6 Å². The molecule has 3 rings (SSSR count). The van der Waals surface area contributed by atoms with E-state index >= 15 is 0 Å². The fourth-order valence-electron chi connectivity index (χ4n) is 2.06. The van der Waals surface area contributed by atoms with Gasteiger partial charge in [-0.15, -0.1) is 10.2 Å². The third-order valence-electron chi connectivity index (χ3n) is 3.20. The lowest BCUT2D eigenvalue weighted by molar-refractivity contribution is 0.102. The van der Waals surface area contributed by atoms with Gasteiger partial charge in [0, 0.05) is 5.69 Å². The van der Waals surface area contributed by atoms with Crippen LogP contribution in [0.3, 0.4) is 0 Å². The van der Waals surface area contributed by atoms with E-state index in [1.165, 1.54) is 0 Å².